The Bertz CT molecular complexity index is 2410. The Morgan fingerprint density at radius 2 is 0.568 bits per heavy atom. The van der Waals surface area contributed by atoms with Crippen molar-refractivity contribution in [3.63, 3.8) is 0 Å². The molecule has 0 fully saturated rings. The average molecular weight is 999 g/mol. The SMILES string of the molecule is CCCCCCCOc1ccc(C2(c3ccc(OCCCCCCC)cc3)C=c3ccc4c5c(ccc4c3OC2)=CC(c2ccc(OCCCCCCC)cc2)(c2ccc(OCCCCCCC)cc2)CO5)cc1. The number of unbranched alkanes of at least 4 members (excludes halogenated alkanes) is 16. The zero-order valence-electron chi connectivity index (χ0n) is 45.5. The van der Waals surface area contributed by atoms with Gasteiger partial charge in [0, 0.05) is 21.2 Å². The summed E-state index contributed by atoms with van der Waals surface area (Å²) in [5, 5.41) is 4.21. The second-order valence-electron chi connectivity index (χ2n) is 21.0. The number of rotatable bonds is 32. The highest BCUT2D eigenvalue weighted by Gasteiger charge is 2.39. The van der Waals surface area contributed by atoms with Crippen LogP contribution in [0.2, 0.25) is 0 Å². The van der Waals surface area contributed by atoms with E-state index in [9.17, 15) is 0 Å². The molecule has 6 aromatic rings. The van der Waals surface area contributed by atoms with Crippen LogP contribution in [-0.4, -0.2) is 39.6 Å². The third kappa shape index (κ3) is 13.9. The van der Waals surface area contributed by atoms with Crippen molar-refractivity contribution in [1.82, 2.24) is 0 Å². The first-order chi connectivity index (χ1) is 36.5. The number of hydrogen-bond acceptors (Lipinski definition) is 6. The smallest absolute Gasteiger partial charge is 0.134 e. The van der Waals surface area contributed by atoms with Gasteiger partial charge < -0.3 is 28.4 Å². The van der Waals surface area contributed by atoms with Crippen LogP contribution in [0, 0.1) is 0 Å². The van der Waals surface area contributed by atoms with E-state index in [1.807, 2.05) is 0 Å². The van der Waals surface area contributed by atoms with Gasteiger partial charge in [-0.2, -0.15) is 0 Å². The zero-order chi connectivity index (χ0) is 51.3. The van der Waals surface area contributed by atoms with Crippen molar-refractivity contribution in [2.24, 2.45) is 0 Å². The molecule has 0 aromatic heterocycles. The lowest BCUT2D eigenvalue weighted by Gasteiger charge is -2.36. The Labute approximate surface area is 444 Å². The second kappa shape index (κ2) is 28.1. The van der Waals surface area contributed by atoms with Crippen LogP contribution in [0.3, 0.4) is 0 Å². The molecule has 2 aliphatic rings. The van der Waals surface area contributed by atoms with Gasteiger partial charge >= 0.3 is 0 Å². The minimum Gasteiger partial charge on any atom is -0.494 e. The van der Waals surface area contributed by atoms with Crippen molar-refractivity contribution < 1.29 is 28.4 Å². The van der Waals surface area contributed by atoms with E-state index in [-0.39, 0.29) is 0 Å². The van der Waals surface area contributed by atoms with Crippen molar-refractivity contribution in [3.8, 4) is 34.5 Å². The molecule has 8 rings (SSSR count). The third-order valence-corrected chi connectivity index (χ3v) is 15.4. The molecule has 0 spiro atoms. The van der Waals surface area contributed by atoms with Crippen LogP contribution in [0.15, 0.2) is 121 Å². The van der Waals surface area contributed by atoms with Gasteiger partial charge in [0.15, 0.2) is 0 Å². The van der Waals surface area contributed by atoms with Gasteiger partial charge in [-0.15, -0.1) is 0 Å². The van der Waals surface area contributed by atoms with Crippen LogP contribution in [0.25, 0.3) is 22.9 Å². The monoisotopic (exact) mass is 999 g/mol. The summed E-state index contributed by atoms with van der Waals surface area (Å²) in [7, 11) is 0. The fraction of sp³-hybridized carbons (Fsp3) is 0.471. The highest BCUT2D eigenvalue weighted by atomic mass is 16.5. The molecule has 0 saturated heterocycles. The molecule has 0 radical (unpaired) electrons. The lowest BCUT2D eigenvalue weighted by Crippen LogP contribution is -2.39. The summed E-state index contributed by atoms with van der Waals surface area (Å²) in [6, 6.07) is 43.6. The number of ether oxygens (including phenoxy) is 6. The molecule has 0 unspecified atom stereocenters. The predicted molar refractivity (Wildman–Crippen MR) is 307 cm³/mol. The second-order valence-corrected chi connectivity index (χ2v) is 21.0. The summed E-state index contributed by atoms with van der Waals surface area (Å²) in [5.41, 5.74) is 3.55. The normalized spacial score (nSPS) is 14.2. The van der Waals surface area contributed by atoms with E-state index in [4.69, 9.17) is 28.4 Å². The van der Waals surface area contributed by atoms with E-state index < -0.39 is 10.8 Å². The molecule has 0 N–H and O–H groups in total. The molecule has 394 valence electrons. The summed E-state index contributed by atoms with van der Waals surface area (Å²) in [6.45, 7) is 12.8. The number of hydrogen-bond donors (Lipinski definition) is 0. The Hall–Kier alpha value is -5.88. The van der Waals surface area contributed by atoms with Gasteiger partial charge in [-0.3, -0.25) is 0 Å². The van der Waals surface area contributed by atoms with Crippen LogP contribution in [0.5, 0.6) is 34.5 Å². The first kappa shape index (κ1) is 54.4. The van der Waals surface area contributed by atoms with E-state index >= 15 is 0 Å². The van der Waals surface area contributed by atoms with Gasteiger partial charge in [0.1, 0.15) is 47.7 Å². The highest BCUT2D eigenvalue weighted by Crippen LogP contribution is 2.43. The Morgan fingerprint density at radius 1 is 0.311 bits per heavy atom. The predicted octanol–water partition coefficient (Wildman–Crippen LogP) is 16.6. The quantitative estimate of drug-likeness (QED) is 0.0393. The molecule has 2 aliphatic heterocycles. The maximum absolute atomic E-state index is 7.06. The average Bonchev–Trinajstić information content (AvgIpc) is 3.46. The van der Waals surface area contributed by atoms with E-state index in [1.165, 1.54) is 103 Å². The van der Waals surface area contributed by atoms with Crippen molar-refractivity contribution in [2.75, 3.05) is 39.6 Å². The van der Waals surface area contributed by atoms with Crippen molar-refractivity contribution in [2.45, 2.75) is 167 Å². The van der Waals surface area contributed by atoms with E-state index in [0.29, 0.717) is 13.2 Å². The Kier molecular flexibility index (Phi) is 20.7. The standard InChI is InChI=1S/C68H86O6/c1-5-9-13-17-21-45-69-59-35-27-55(28-36-59)67(56-29-37-60(38-30-56)70-46-22-18-14-10-6-2)49-53-25-43-64-63(65(53)73-51-67)44-26-54-50-68(52-74-66(54)64,57-31-39-61(40-32-57)71-47-23-19-15-11-7-3)58-33-41-62(42-34-58)72-48-24-20-16-12-8-4/h25-44,49-50H,5-24,45-48,51-52H2,1-4H3. The van der Waals surface area contributed by atoms with E-state index in [1.54, 1.807) is 0 Å². The lowest BCUT2D eigenvalue weighted by atomic mass is 9.73. The first-order valence-electron chi connectivity index (χ1n) is 29.0. The highest BCUT2D eigenvalue weighted by molar-refractivity contribution is 5.95. The fourth-order valence-corrected chi connectivity index (χ4v) is 10.9. The van der Waals surface area contributed by atoms with Crippen LogP contribution < -0.4 is 38.9 Å². The minimum absolute atomic E-state index is 0.443. The summed E-state index contributed by atoms with van der Waals surface area (Å²) >= 11 is 0. The molecule has 0 saturated carbocycles. The molecular weight excluding hydrogens is 913 g/mol. The Morgan fingerprint density at radius 3 is 0.824 bits per heavy atom. The number of fused-ring (bicyclic) bond motifs is 5. The fourth-order valence-electron chi connectivity index (χ4n) is 10.9. The lowest BCUT2D eigenvalue weighted by molar-refractivity contribution is 0.265. The molecule has 6 aromatic carbocycles. The summed E-state index contributed by atoms with van der Waals surface area (Å²) in [4.78, 5) is 0. The molecule has 6 nitrogen and oxygen atoms in total. The largest absolute Gasteiger partial charge is 0.494 e. The van der Waals surface area contributed by atoms with E-state index in [2.05, 4.69) is 161 Å². The molecule has 0 bridgehead atoms. The maximum atomic E-state index is 7.06. The summed E-state index contributed by atoms with van der Waals surface area (Å²) < 4.78 is 39.1. The van der Waals surface area contributed by atoms with Crippen LogP contribution in [0.4, 0.5) is 0 Å². The topological polar surface area (TPSA) is 55.4 Å². The van der Waals surface area contributed by atoms with Crippen molar-refractivity contribution >= 4 is 22.9 Å². The molecule has 0 atom stereocenters. The van der Waals surface area contributed by atoms with Crippen LogP contribution in [0.1, 0.15) is 178 Å². The summed E-state index contributed by atoms with van der Waals surface area (Å²) in [5.74, 6) is 5.38. The summed E-state index contributed by atoms with van der Waals surface area (Å²) in [6.07, 6.45) is 29.1. The minimum atomic E-state index is -0.541. The molecule has 2 heterocycles. The van der Waals surface area contributed by atoms with Crippen molar-refractivity contribution in [1.29, 1.82) is 0 Å². The molecule has 0 aliphatic carbocycles. The zero-order valence-corrected chi connectivity index (χ0v) is 45.5. The third-order valence-electron chi connectivity index (χ3n) is 15.4. The van der Waals surface area contributed by atoms with Gasteiger partial charge in [-0.25, -0.2) is 0 Å². The first-order valence-corrected chi connectivity index (χ1v) is 29.0. The van der Waals surface area contributed by atoms with Crippen molar-refractivity contribution in [3.05, 3.63) is 154 Å². The van der Waals surface area contributed by atoms with Gasteiger partial charge in [0.2, 0.25) is 0 Å². The molecule has 0 amide bonds. The molecule has 6 heteroatoms. The van der Waals surface area contributed by atoms with Crippen LogP contribution in [-0.2, 0) is 10.8 Å². The van der Waals surface area contributed by atoms with Gasteiger partial charge in [-0.1, -0.05) is 203 Å². The van der Waals surface area contributed by atoms with Gasteiger partial charge in [0.05, 0.1) is 37.3 Å². The molecule has 74 heavy (non-hydrogen) atoms. The van der Waals surface area contributed by atoms with Gasteiger partial charge in [0.25, 0.3) is 0 Å². The Balaban J connectivity index is 1.10. The van der Waals surface area contributed by atoms with E-state index in [0.717, 1.165) is 130 Å². The van der Waals surface area contributed by atoms with Crippen LogP contribution >= 0.6 is 0 Å². The van der Waals surface area contributed by atoms with Gasteiger partial charge in [-0.05, 0) is 109 Å². The maximum Gasteiger partial charge on any atom is 0.134 e. The molecular formula is C68H86O6. The number of benzene rings is 6.